The van der Waals surface area contributed by atoms with Gasteiger partial charge < -0.3 is 5.32 Å². The smallest absolute Gasteiger partial charge is 0.128 e. The van der Waals surface area contributed by atoms with Crippen LogP contribution in [-0.2, 0) is 13.0 Å². The molecule has 0 aliphatic carbocycles. The van der Waals surface area contributed by atoms with Gasteiger partial charge in [0, 0.05) is 28.1 Å². The van der Waals surface area contributed by atoms with E-state index >= 15 is 0 Å². The third-order valence-electron chi connectivity index (χ3n) is 2.40. The number of anilines is 1. The van der Waals surface area contributed by atoms with Crippen LogP contribution in [0.15, 0.2) is 30.3 Å². The van der Waals surface area contributed by atoms with E-state index in [0.29, 0.717) is 12.2 Å². The molecule has 2 rings (SSSR count). The molecule has 4 heteroatoms. The highest BCUT2D eigenvalue weighted by Crippen LogP contribution is 2.19. The Bertz CT molecular complexity index is 488. The first-order valence-electron chi connectivity index (χ1n) is 5.45. The zero-order valence-electron chi connectivity index (χ0n) is 9.47. The normalized spacial score (nSPS) is 10.5. The van der Waals surface area contributed by atoms with E-state index in [1.54, 1.807) is 11.3 Å². The van der Waals surface area contributed by atoms with Crippen molar-refractivity contribution in [2.45, 2.75) is 19.9 Å². The molecule has 1 aromatic carbocycles. The topological polar surface area (TPSA) is 12.0 Å². The van der Waals surface area contributed by atoms with Crippen LogP contribution in [0.5, 0.6) is 0 Å². The van der Waals surface area contributed by atoms with Crippen molar-refractivity contribution in [3.05, 3.63) is 51.7 Å². The Morgan fingerprint density at radius 3 is 2.29 bits per heavy atom. The summed E-state index contributed by atoms with van der Waals surface area (Å²) >= 11 is 1.71. The van der Waals surface area contributed by atoms with Crippen LogP contribution in [-0.4, -0.2) is 0 Å². The third kappa shape index (κ3) is 3.27. The molecule has 1 aromatic heterocycles. The van der Waals surface area contributed by atoms with Gasteiger partial charge in [-0.1, -0.05) is 6.92 Å². The number of halogens is 2. The Hall–Kier alpha value is -1.42. The van der Waals surface area contributed by atoms with Crippen LogP contribution in [0.2, 0.25) is 0 Å². The highest BCUT2D eigenvalue weighted by molar-refractivity contribution is 7.12. The molecule has 0 saturated heterocycles. The van der Waals surface area contributed by atoms with E-state index in [1.165, 1.54) is 17.0 Å². The Balaban J connectivity index is 2.01. The van der Waals surface area contributed by atoms with Gasteiger partial charge in [-0.05, 0) is 30.7 Å². The van der Waals surface area contributed by atoms with E-state index in [2.05, 4.69) is 18.3 Å². The van der Waals surface area contributed by atoms with Gasteiger partial charge in [0.25, 0.3) is 0 Å². The fraction of sp³-hybridized carbons (Fsp3) is 0.231. The minimum Gasteiger partial charge on any atom is -0.380 e. The molecule has 2 aromatic rings. The monoisotopic (exact) mass is 253 g/mol. The van der Waals surface area contributed by atoms with Gasteiger partial charge >= 0.3 is 0 Å². The summed E-state index contributed by atoms with van der Waals surface area (Å²) in [4.78, 5) is 2.47. The van der Waals surface area contributed by atoms with E-state index in [9.17, 15) is 8.78 Å². The first kappa shape index (κ1) is 12.0. The summed E-state index contributed by atoms with van der Waals surface area (Å²) in [5, 5.41) is 3.01. The van der Waals surface area contributed by atoms with Crippen LogP contribution < -0.4 is 5.32 Å². The highest BCUT2D eigenvalue weighted by atomic mass is 32.1. The van der Waals surface area contributed by atoms with Crippen LogP contribution in [0.25, 0.3) is 0 Å². The molecule has 0 fully saturated rings. The fourth-order valence-corrected chi connectivity index (χ4v) is 2.45. The summed E-state index contributed by atoms with van der Waals surface area (Å²) in [6.07, 6.45) is 1.01. The molecule has 0 unspecified atom stereocenters. The number of aryl methyl sites for hydroxylation is 1. The largest absolute Gasteiger partial charge is 0.380 e. The molecule has 0 aliphatic heterocycles. The second-order valence-corrected chi connectivity index (χ2v) is 4.99. The SMILES string of the molecule is CCc1ccc(CNc2cc(F)cc(F)c2)s1. The Labute approximate surface area is 103 Å². The summed E-state index contributed by atoms with van der Waals surface area (Å²) in [7, 11) is 0. The molecule has 90 valence electrons. The minimum absolute atomic E-state index is 0.467. The summed E-state index contributed by atoms with van der Waals surface area (Å²) in [6.45, 7) is 2.69. The van der Waals surface area contributed by atoms with Crippen LogP contribution in [0, 0.1) is 11.6 Å². The number of nitrogens with one attached hydrogen (secondary N) is 1. The minimum atomic E-state index is -0.562. The number of benzene rings is 1. The maximum Gasteiger partial charge on any atom is 0.128 e. The average molecular weight is 253 g/mol. The maximum absolute atomic E-state index is 12.9. The number of hydrogen-bond donors (Lipinski definition) is 1. The molecular weight excluding hydrogens is 240 g/mol. The van der Waals surface area contributed by atoms with E-state index in [4.69, 9.17) is 0 Å². The first-order valence-corrected chi connectivity index (χ1v) is 6.26. The van der Waals surface area contributed by atoms with Crippen molar-refractivity contribution in [2.24, 2.45) is 0 Å². The fourth-order valence-electron chi connectivity index (χ4n) is 1.55. The molecule has 0 saturated carbocycles. The van der Waals surface area contributed by atoms with Gasteiger partial charge in [-0.3, -0.25) is 0 Å². The number of rotatable bonds is 4. The zero-order chi connectivity index (χ0) is 12.3. The number of hydrogen-bond acceptors (Lipinski definition) is 2. The van der Waals surface area contributed by atoms with E-state index in [-0.39, 0.29) is 0 Å². The van der Waals surface area contributed by atoms with Gasteiger partial charge in [0.2, 0.25) is 0 Å². The van der Waals surface area contributed by atoms with Crippen molar-refractivity contribution in [3.63, 3.8) is 0 Å². The molecular formula is C13H13F2NS. The third-order valence-corrected chi connectivity index (χ3v) is 3.62. The lowest BCUT2D eigenvalue weighted by Gasteiger charge is -2.05. The zero-order valence-corrected chi connectivity index (χ0v) is 10.3. The molecule has 0 bridgehead atoms. The summed E-state index contributed by atoms with van der Waals surface area (Å²) in [5.74, 6) is -1.12. The quantitative estimate of drug-likeness (QED) is 0.861. The maximum atomic E-state index is 12.9. The van der Waals surface area contributed by atoms with Crippen molar-refractivity contribution in [2.75, 3.05) is 5.32 Å². The predicted octanol–water partition coefficient (Wildman–Crippen LogP) is 4.20. The molecule has 0 radical (unpaired) electrons. The highest BCUT2D eigenvalue weighted by Gasteiger charge is 2.02. The van der Waals surface area contributed by atoms with E-state index < -0.39 is 11.6 Å². The molecule has 17 heavy (non-hydrogen) atoms. The molecule has 0 amide bonds. The lowest BCUT2D eigenvalue weighted by Crippen LogP contribution is -1.98. The summed E-state index contributed by atoms with van der Waals surface area (Å²) < 4.78 is 25.9. The first-order chi connectivity index (χ1) is 8.17. The molecule has 0 atom stereocenters. The van der Waals surface area contributed by atoms with Crippen molar-refractivity contribution in [3.8, 4) is 0 Å². The van der Waals surface area contributed by atoms with Crippen molar-refractivity contribution >= 4 is 17.0 Å². The van der Waals surface area contributed by atoms with Crippen molar-refractivity contribution in [1.82, 2.24) is 0 Å². The van der Waals surface area contributed by atoms with Crippen LogP contribution >= 0.6 is 11.3 Å². The number of thiophene rings is 1. The van der Waals surface area contributed by atoms with E-state index in [1.807, 2.05) is 6.07 Å². The molecule has 0 aliphatic rings. The lowest BCUT2D eigenvalue weighted by molar-refractivity contribution is 0.584. The Morgan fingerprint density at radius 2 is 1.71 bits per heavy atom. The summed E-state index contributed by atoms with van der Waals surface area (Å²) in [6, 6.07) is 7.56. The standard InChI is InChI=1S/C13H13F2NS/c1-2-12-3-4-13(17-12)8-16-11-6-9(14)5-10(15)7-11/h3-7,16H,2,8H2,1H3. The van der Waals surface area contributed by atoms with Gasteiger partial charge in [0.05, 0.1) is 0 Å². The van der Waals surface area contributed by atoms with Crippen molar-refractivity contribution in [1.29, 1.82) is 0 Å². The predicted molar refractivity (Wildman–Crippen MR) is 67.4 cm³/mol. The molecule has 1 nitrogen and oxygen atoms in total. The van der Waals surface area contributed by atoms with Crippen LogP contribution in [0.1, 0.15) is 16.7 Å². The van der Waals surface area contributed by atoms with Crippen LogP contribution in [0.4, 0.5) is 14.5 Å². The average Bonchev–Trinajstić information content (AvgIpc) is 2.73. The van der Waals surface area contributed by atoms with Gasteiger partial charge in [0.15, 0.2) is 0 Å². The van der Waals surface area contributed by atoms with Gasteiger partial charge in [-0.25, -0.2) is 8.78 Å². The van der Waals surface area contributed by atoms with Crippen molar-refractivity contribution < 1.29 is 8.78 Å². The molecule has 0 spiro atoms. The molecule has 1 N–H and O–H groups in total. The van der Waals surface area contributed by atoms with E-state index in [0.717, 1.165) is 17.4 Å². The second-order valence-electron chi connectivity index (χ2n) is 3.73. The summed E-state index contributed by atoms with van der Waals surface area (Å²) in [5.41, 5.74) is 0.467. The van der Waals surface area contributed by atoms with Gasteiger partial charge in [-0.2, -0.15) is 0 Å². The van der Waals surface area contributed by atoms with Gasteiger partial charge in [-0.15, -0.1) is 11.3 Å². The Kier molecular flexibility index (Phi) is 3.74. The Morgan fingerprint density at radius 1 is 1.06 bits per heavy atom. The second kappa shape index (κ2) is 5.27. The van der Waals surface area contributed by atoms with Gasteiger partial charge in [0.1, 0.15) is 11.6 Å². The lowest BCUT2D eigenvalue weighted by atomic mass is 10.3. The molecule has 1 heterocycles. The van der Waals surface area contributed by atoms with Crippen LogP contribution in [0.3, 0.4) is 0 Å².